The van der Waals surface area contributed by atoms with Gasteiger partial charge in [0.25, 0.3) is 21.8 Å². The maximum atomic E-state index is 13.3. The van der Waals surface area contributed by atoms with Crippen molar-refractivity contribution in [2.75, 3.05) is 37.2 Å². The van der Waals surface area contributed by atoms with E-state index >= 15 is 0 Å². The molecule has 2 aromatic carbocycles. The van der Waals surface area contributed by atoms with E-state index in [2.05, 4.69) is 10.0 Å². The second-order valence-corrected chi connectivity index (χ2v) is 11.2. The molecule has 2 saturated heterocycles. The minimum atomic E-state index is -4.05. The Morgan fingerprint density at radius 3 is 2.54 bits per heavy atom. The van der Waals surface area contributed by atoms with Crippen LogP contribution in [0, 0.1) is 0 Å². The van der Waals surface area contributed by atoms with Crippen molar-refractivity contribution >= 4 is 39.3 Å². The van der Waals surface area contributed by atoms with E-state index in [1.54, 1.807) is 35.2 Å². The molecule has 1 atom stereocenters. The fourth-order valence-corrected chi connectivity index (χ4v) is 6.05. The smallest absolute Gasteiger partial charge is 0.261 e. The first-order valence-electron chi connectivity index (χ1n) is 11.9. The number of likely N-dealkylation sites (tertiary alicyclic amines) is 1. The Bertz CT molecular complexity index is 1170. The van der Waals surface area contributed by atoms with Gasteiger partial charge in [-0.1, -0.05) is 12.1 Å². The van der Waals surface area contributed by atoms with Crippen LogP contribution in [0.25, 0.3) is 0 Å². The number of rotatable bonds is 8. The molecule has 8 nitrogen and oxygen atoms in total. The van der Waals surface area contributed by atoms with Gasteiger partial charge in [-0.25, -0.2) is 8.42 Å². The molecular weight excluding hydrogens is 486 g/mol. The highest BCUT2D eigenvalue weighted by Crippen LogP contribution is 2.28. The molecule has 2 amide bonds. The zero-order chi connectivity index (χ0) is 24.8. The summed E-state index contributed by atoms with van der Waals surface area (Å²) in [7, 11) is -4.05. The van der Waals surface area contributed by atoms with E-state index in [4.69, 9.17) is 4.74 Å². The van der Waals surface area contributed by atoms with E-state index < -0.39 is 10.0 Å². The standard InChI is InChI=1S/C25H31N3O5S2/c1-34-23-12-11-19(16-21(23)25(30)28-13-5-2-6-14-28)35(31,32)27-22-10-4-3-9-20(22)24(29)26-17-18-8-7-15-33-18/h3-4,9-12,16,18,27H,2,5-8,13-15,17H2,1H3,(H,26,29)/t18-/m1/s1. The molecule has 35 heavy (non-hydrogen) atoms. The topological polar surface area (TPSA) is 105 Å². The number of hydrogen-bond donors (Lipinski definition) is 2. The number of para-hydroxylation sites is 1. The van der Waals surface area contributed by atoms with E-state index in [0.29, 0.717) is 31.8 Å². The van der Waals surface area contributed by atoms with Crippen LogP contribution in [-0.4, -0.2) is 63.7 Å². The van der Waals surface area contributed by atoms with Crippen molar-refractivity contribution in [1.82, 2.24) is 10.2 Å². The first-order chi connectivity index (χ1) is 16.9. The Kier molecular flexibility index (Phi) is 8.35. The number of hydrogen-bond acceptors (Lipinski definition) is 6. The molecule has 0 spiro atoms. The van der Waals surface area contributed by atoms with E-state index in [0.717, 1.165) is 37.0 Å². The highest BCUT2D eigenvalue weighted by atomic mass is 32.2. The zero-order valence-electron chi connectivity index (χ0n) is 19.8. The Morgan fingerprint density at radius 1 is 1.06 bits per heavy atom. The average Bonchev–Trinajstić information content (AvgIpc) is 3.41. The van der Waals surface area contributed by atoms with Gasteiger partial charge in [0.1, 0.15) is 0 Å². The van der Waals surface area contributed by atoms with Gasteiger partial charge in [0.15, 0.2) is 0 Å². The van der Waals surface area contributed by atoms with Crippen molar-refractivity contribution in [2.24, 2.45) is 0 Å². The van der Waals surface area contributed by atoms with Crippen LogP contribution in [0.15, 0.2) is 52.3 Å². The number of nitrogens with zero attached hydrogens (tertiary/aromatic N) is 1. The Labute approximate surface area is 210 Å². The predicted molar refractivity (Wildman–Crippen MR) is 137 cm³/mol. The Balaban J connectivity index is 1.55. The summed E-state index contributed by atoms with van der Waals surface area (Å²) in [6.07, 6.45) is 6.69. The highest BCUT2D eigenvalue weighted by molar-refractivity contribution is 7.98. The molecule has 0 radical (unpaired) electrons. The summed E-state index contributed by atoms with van der Waals surface area (Å²) in [6.45, 7) is 2.42. The molecule has 2 fully saturated rings. The van der Waals surface area contributed by atoms with Gasteiger partial charge in [0.05, 0.1) is 27.8 Å². The molecule has 0 saturated carbocycles. The average molecular weight is 518 g/mol. The molecule has 0 unspecified atom stereocenters. The lowest BCUT2D eigenvalue weighted by molar-refractivity contribution is 0.0720. The molecule has 0 aliphatic carbocycles. The number of carbonyl (C=O) groups excluding carboxylic acids is 2. The van der Waals surface area contributed by atoms with Crippen LogP contribution in [0.2, 0.25) is 0 Å². The van der Waals surface area contributed by atoms with Crippen LogP contribution in [0.1, 0.15) is 52.8 Å². The molecule has 188 valence electrons. The van der Waals surface area contributed by atoms with Gasteiger partial charge in [-0.15, -0.1) is 11.8 Å². The van der Waals surface area contributed by atoms with Gasteiger partial charge in [-0.3, -0.25) is 14.3 Å². The molecular formula is C25H31N3O5S2. The normalized spacial score (nSPS) is 18.3. The Hall–Kier alpha value is -2.56. The lowest BCUT2D eigenvalue weighted by Gasteiger charge is -2.27. The number of nitrogens with one attached hydrogen (secondary N) is 2. The summed E-state index contributed by atoms with van der Waals surface area (Å²) in [5.41, 5.74) is 0.777. The van der Waals surface area contributed by atoms with Crippen LogP contribution < -0.4 is 10.0 Å². The zero-order valence-corrected chi connectivity index (χ0v) is 21.4. The predicted octanol–water partition coefficient (Wildman–Crippen LogP) is 3.74. The highest BCUT2D eigenvalue weighted by Gasteiger charge is 2.25. The third-order valence-corrected chi connectivity index (χ3v) is 8.44. The second-order valence-electron chi connectivity index (χ2n) is 8.71. The number of piperidine rings is 1. The summed E-state index contributed by atoms with van der Waals surface area (Å²) in [5, 5.41) is 2.83. The van der Waals surface area contributed by atoms with Crippen molar-refractivity contribution in [3.05, 3.63) is 53.6 Å². The first-order valence-corrected chi connectivity index (χ1v) is 14.6. The third-order valence-electron chi connectivity index (χ3n) is 6.29. The number of amides is 2. The molecule has 2 heterocycles. The van der Waals surface area contributed by atoms with Gasteiger partial charge in [0.2, 0.25) is 0 Å². The first kappa shape index (κ1) is 25.5. The summed E-state index contributed by atoms with van der Waals surface area (Å²) < 4.78 is 34.7. The van der Waals surface area contributed by atoms with Crippen LogP contribution in [0.4, 0.5) is 5.69 Å². The van der Waals surface area contributed by atoms with E-state index in [9.17, 15) is 18.0 Å². The van der Waals surface area contributed by atoms with Crippen molar-refractivity contribution in [3.8, 4) is 0 Å². The van der Waals surface area contributed by atoms with E-state index in [1.807, 2.05) is 6.26 Å². The van der Waals surface area contributed by atoms with Crippen molar-refractivity contribution in [1.29, 1.82) is 0 Å². The van der Waals surface area contributed by atoms with Gasteiger partial charge in [-0.05, 0) is 68.7 Å². The number of carbonyl (C=O) groups is 2. The van der Waals surface area contributed by atoms with Crippen LogP contribution in [0.3, 0.4) is 0 Å². The van der Waals surface area contributed by atoms with Crippen molar-refractivity contribution in [3.63, 3.8) is 0 Å². The number of sulfonamides is 1. The molecule has 2 aliphatic heterocycles. The largest absolute Gasteiger partial charge is 0.376 e. The van der Waals surface area contributed by atoms with Crippen molar-refractivity contribution < 1.29 is 22.7 Å². The lowest BCUT2D eigenvalue weighted by atomic mass is 10.1. The van der Waals surface area contributed by atoms with Crippen LogP contribution in [-0.2, 0) is 14.8 Å². The fourth-order valence-electron chi connectivity index (χ4n) is 4.37. The minimum absolute atomic E-state index is 0.0198. The third kappa shape index (κ3) is 6.17. The summed E-state index contributed by atoms with van der Waals surface area (Å²) in [4.78, 5) is 28.5. The number of anilines is 1. The molecule has 2 aliphatic rings. The molecule has 0 aromatic heterocycles. The SMILES string of the molecule is CSc1ccc(S(=O)(=O)Nc2ccccc2C(=O)NC[C@H]2CCCO2)cc1C(=O)N1CCCCC1. The monoisotopic (exact) mass is 517 g/mol. The van der Waals surface area contributed by atoms with Gasteiger partial charge in [0, 0.05) is 31.1 Å². The van der Waals surface area contributed by atoms with Gasteiger partial charge in [-0.2, -0.15) is 0 Å². The molecule has 4 rings (SSSR count). The van der Waals surface area contributed by atoms with Gasteiger partial charge < -0.3 is 15.0 Å². The lowest BCUT2D eigenvalue weighted by Crippen LogP contribution is -2.36. The fraction of sp³-hybridized carbons (Fsp3) is 0.440. The summed E-state index contributed by atoms with van der Waals surface area (Å²) in [6, 6.07) is 11.1. The maximum Gasteiger partial charge on any atom is 0.261 e. The summed E-state index contributed by atoms with van der Waals surface area (Å²) in [5.74, 6) is -0.530. The van der Waals surface area contributed by atoms with E-state index in [-0.39, 0.29) is 34.1 Å². The molecule has 2 aromatic rings. The van der Waals surface area contributed by atoms with Crippen LogP contribution in [0.5, 0.6) is 0 Å². The quantitative estimate of drug-likeness (QED) is 0.517. The van der Waals surface area contributed by atoms with Gasteiger partial charge >= 0.3 is 0 Å². The van der Waals surface area contributed by atoms with E-state index in [1.165, 1.54) is 23.9 Å². The minimum Gasteiger partial charge on any atom is -0.376 e. The number of benzene rings is 2. The number of thioether (sulfide) groups is 1. The molecule has 0 bridgehead atoms. The molecule has 10 heteroatoms. The Morgan fingerprint density at radius 2 is 1.83 bits per heavy atom. The van der Waals surface area contributed by atoms with Crippen molar-refractivity contribution in [2.45, 2.75) is 48.0 Å². The second kappa shape index (κ2) is 11.5. The number of ether oxygens (including phenoxy) is 1. The van der Waals surface area contributed by atoms with Crippen LogP contribution >= 0.6 is 11.8 Å². The summed E-state index contributed by atoms with van der Waals surface area (Å²) >= 11 is 1.41. The molecule has 2 N–H and O–H groups in total. The maximum absolute atomic E-state index is 13.3.